The molecule has 0 spiro atoms. The molecule has 0 unspecified atom stereocenters. The van der Waals surface area contributed by atoms with E-state index in [2.05, 4.69) is 10.1 Å². The molecule has 1 aliphatic heterocycles. The van der Waals surface area contributed by atoms with Crippen LogP contribution in [0.4, 0.5) is 0 Å². The molecule has 0 radical (unpaired) electrons. The summed E-state index contributed by atoms with van der Waals surface area (Å²) in [6.07, 6.45) is 1.60. The summed E-state index contributed by atoms with van der Waals surface area (Å²) in [6.45, 7) is 6.60. The zero-order chi connectivity index (χ0) is 16.8. The van der Waals surface area contributed by atoms with Crippen LogP contribution in [-0.4, -0.2) is 59.8 Å². The Kier molecular flexibility index (Phi) is 4.70. The van der Waals surface area contributed by atoms with Gasteiger partial charge in [-0.2, -0.15) is 4.31 Å². The first kappa shape index (κ1) is 17.5. The summed E-state index contributed by atoms with van der Waals surface area (Å²) in [6, 6.07) is 0. The van der Waals surface area contributed by atoms with Crippen LogP contribution in [-0.2, 0) is 10.0 Å². The van der Waals surface area contributed by atoms with Gasteiger partial charge >= 0.3 is 0 Å². The number of sulfonamides is 1. The Morgan fingerprint density at radius 2 is 1.96 bits per heavy atom. The third kappa shape index (κ3) is 3.54. The third-order valence-electron chi connectivity index (χ3n) is 4.55. The lowest BCUT2D eigenvalue weighted by Gasteiger charge is -2.21. The van der Waals surface area contributed by atoms with Crippen LogP contribution in [0.25, 0.3) is 0 Å². The average Bonchev–Trinajstić information content (AvgIpc) is 3.01. The molecule has 0 N–H and O–H groups in total. The fourth-order valence-corrected chi connectivity index (χ4v) is 5.39. The van der Waals surface area contributed by atoms with Crippen molar-refractivity contribution in [3.63, 3.8) is 0 Å². The van der Waals surface area contributed by atoms with E-state index in [0.29, 0.717) is 31.1 Å². The molecule has 6 nitrogen and oxygen atoms in total. The standard InChI is InChI=1S/C14H21Cl2N3O3S/c1-10-13(11(2)22-17-10)23(20,21)19-5-3-4-18(6-7-19)9-12-8-14(12,15)16/h12H,3-9H2,1-2H3/t12-/m0/s1. The van der Waals surface area contributed by atoms with Crippen LogP contribution in [0.2, 0.25) is 0 Å². The lowest BCUT2D eigenvalue weighted by atomic mass is 10.3. The largest absolute Gasteiger partial charge is 0.360 e. The molecule has 2 fully saturated rings. The summed E-state index contributed by atoms with van der Waals surface area (Å²) >= 11 is 12.2. The van der Waals surface area contributed by atoms with E-state index < -0.39 is 14.4 Å². The molecule has 1 aromatic rings. The second-order valence-corrected chi connectivity index (χ2v) is 9.79. The third-order valence-corrected chi connectivity index (χ3v) is 7.62. The first-order chi connectivity index (χ1) is 10.7. The van der Waals surface area contributed by atoms with Crippen LogP contribution in [0.3, 0.4) is 0 Å². The summed E-state index contributed by atoms with van der Waals surface area (Å²) in [5, 5.41) is 3.76. The Hall–Kier alpha value is -0.340. The van der Waals surface area contributed by atoms with Crippen molar-refractivity contribution in [2.75, 3.05) is 32.7 Å². The number of rotatable bonds is 4. The number of alkyl halides is 2. The second-order valence-electron chi connectivity index (χ2n) is 6.37. The van der Waals surface area contributed by atoms with E-state index in [9.17, 15) is 8.42 Å². The number of hydrogen-bond donors (Lipinski definition) is 0. The summed E-state index contributed by atoms with van der Waals surface area (Å²) in [7, 11) is -3.56. The van der Waals surface area contributed by atoms with Gasteiger partial charge in [0.2, 0.25) is 10.0 Å². The van der Waals surface area contributed by atoms with Crippen molar-refractivity contribution in [3.05, 3.63) is 11.5 Å². The molecule has 0 amide bonds. The minimum atomic E-state index is -3.56. The maximum atomic E-state index is 12.9. The molecule has 9 heteroatoms. The lowest BCUT2D eigenvalue weighted by molar-refractivity contribution is 0.274. The summed E-state index contributed by atoms with van der Waals surface area (Å²) in [5.41, 5.74) is 0.413. The predicted molar refractivity (Wildman–Crippen MR) is 88.3 cm³/mol. The molecular formula is C14H21Cl2N3O3S. The van der Waals surface area contributed by atoms with Gasteiger partial charge in [0.25, 0.3) is 0 Å². The van der Waals surface area contributed by atoms with Gasteiger partial charge < -0.3 is 9.42 Å². The van der Waals surface area contributed by atoms with Crippen LogP contribution >= 0.6 is 23.2 Å². The van der Waals surface area contributed by atoms with E-state index in [4.69, 9.17) is 27.7 Å². The van der Waals surface area contributed by atoms with E-state index >= 15 is 0 Å². The Bertz CT molecular complexity index is 670. The highest BCUT2D eigenvalue weighted by Crippen LogP contribution is 2.53. The van der Waals surface area contributed by atoms with E-state index in [1.54, 1.807) is 13.8 Å². The Morgan fingerprint density at radius 1 is 1.26 bits per heavy atom. The normalized spacial score (nSPS) is 26.2. The summed E-state index contributed by atoms with van der Waals surface area (Å²) in [4.78, 5) is 2.45. The van der Waals surface area contributed by atoms with Gasteiger partial charge in [-0.15, -0.1) is 23.2 Å². The van der Waals surface area contributed by atoms with Gasteiger partial charge in [0.1, 0.15) is 14.9 Å². The molecule has 0 bridgehead atoms. The zero-order valence-corrected chi connectivity index (χ0v) is 15.6. The zero-order valence-electron chi connectivity index (χ0n) is 13.3. The lowest BCUT2D eigenvalue weighted by Crippen LogP contribution is -2.36. The molecule has 1 saturated heterocycles. The van der Waals surface area contributed by atoms with Gasteiger partial charge in [-0.1, -0.05) is 5.16 Å². The second kappa shape index (κ2) is 6.19. The van der Waals surface area contributed by atoms with Crippen molar-refractivity contribution in [2.24, 2.45) is 5.92 Å². The maximum Gasteiger partial charge on any atom is 0.248 e. The molecule has 23 heavy (non-hydrogen) atoms. The Labute approximate surface area is 146 Å². The molecule has 130 valence electrons. The van der Waals surface area contributed by atoms with Gasteiger partial charge in [-0.05, 0) is 33.2 Å². The van der Waals surface area contributed by atoms with Crippen LogP contribution < -0.4 is 0 Å². The molecule has 1 saturated carbocycles. The Balaban J connectivity index is 1.68. The highest BCUT2D eigenvalue weighted by Gasteiger charge is 2.52. The van der Waals surface area contributed by atoms with Crippen molar-refractivity contribution in [1.29, 1.82) is 0 Å². The molecule has 1 atom stereocenters. The highest BCUT2D eigenvalue weighted by molar-refractivity contribution is 7.89. The minimum absolute atomic E-state index is 0.202. The monoisotopic (exact) mass is 381 g/mol. The molecule has 0 aromatic carbocycles. The van der Waals surface area contributed by atoms with Gasteiger partial charge in [-0.3, -0.25) is 0 Å². The van der Waals surface area contributed by atoms with E-state index in [1.165, 1.54) is 4.31 Å². The van der Waals surface area contributed by atoms with Gasteiger partial charge in [0.15, 0.2) is 5.76 Å². The molecule has 1 aliphatic carbocycles. The molecule has 2 aliphatic rings. The number of nitrogens with zero attached hydrogens (tertiary/aromatic N) is 3. The minimum Gasteiger partial charge on any atom is -0.360 e. The van der Waals surface area contributed by atoms with Gasteiger partial charge in [0.05, 0.1) is 0 Å². The molecular weight excluding hydrogens is 361 g/mol. The van der Waals surface area contributed by atoms with Crippen molar-refractivity contribution in [1.82, 2.24) is 14.4 Å². The van der Waals surface area contributed by atoms with Crippen LogP contribution in [0.5, 0.6) is 0 Å². The van der Waals surface area contributed by atoms with E-state index in [0.717, 1.165) is 25.9 Å². The summed E-state index contributed by atoms with van der Waals surface area (Å²) in [5.74, 6) is 0.632. The SMILES string of the molecule is Cc1noc(C)c1S(=O)(=O)N1CCCN(C[C@@H]2CC2(Cl)Cl)CC1. The first-order valence-corrected chi connectivity index (χ1v) is 9.94. The van der Waals surface area contributed by atoms with Gasteiger partial charge in [-0.25, -0.2) is 8.42 Å². The average molecular weight is 382 g/mol. The fraction of sp³-hybridized carbons (Fsp3) is 0.786. The number of halogens is 2. The van der Waals surface area contributed by atoms with E-state index in [-0.39, 0.29) is 10.8 Å². The van der Waals surface area contributed by atoms with Crippen molar-refractivity contribution in [2.45, 2.75) is 35.9 Å². The first-order valence-electron chi connectivity index (χ1n) is 7.75. The molecule has 2 heterocycles. The maximum absolute atomic E-state index is 12.9. The van der Waals surface area contributed by atoms with Crippen LogP contribution in [0.15, 0.2) is 9.42 Å². The quantitative estimate of drug-likeness (QED) is 0.747. The topological polar surface area (TPSA) is 66.7 Å². The fourth-order valence-electron chi connectivity index (χ4n) is 3.12. The molecule has 1 aromatic heterocycles. The van der Waals surface area contributed by atoms with Crippen molar-refractivity contribution < 1.29 is 12.9 Å². The van der Waals surface area contributed by atoms with Crippen molar-refractivity contribution >= 4 is 33.2 Å². The number of aromatic nitrogens is 1. The Morgan fingerprint density at radius 3 is 2.52 bits per heavy atom. The van der Waals surface area contributed by atoms with E-state index in [1.807, 2.05) is 0 Å². The number of hydrogen-bond acceptors (Lipinski definition) is 5. The van der Waals surface area contributed by atoms with Crippen LogP contribution in [0, 0.1) is 19.8 Å². The smallest absolute Gasteiger partial charge is 0.248 e. The predicted octanol–water partition coefficient (Wildman–Crippen LogP) is 2.18. The van der Waals surface area contributed by atoms with Crippen molar-refractivity contribution in [3.8, 4) is 0 Å². The summed E-state index contributed by atoms with van der Waals surface area (Å²) < 4.78 is 31.7. The number of aryl methyl sites for hydroxylation is 2. The highest BCUT2D eigenvalue weighted by atomic mass is 35.5. The van der Waals surface area contributed by atoms with Crippen LogP contribution in [0.1, 0.15) is 24.3 Å². The molecule has 3 rings (SSSR count). The van der Waals surface area contributed by atoms with Gasteiger partial charge in [0, 0.05) is 32.1 Å².